The van der Waals surface area contributed by atoms with Gasteiger partial charge in [0.05, 0.1) is 42.5 Å². The van der Waals surface area contributed by atoms with E-state index >= 15 is 0 Å². The van der Waals surface area contributed by atoms with Gasteiger partial charge in [-0.05, 0) is 42.8 Å². The summed E-state index contributed by atoms with van der Waals surface area (Å²) in [6.45, 7) is 16.0. The number of morpholine rings is 2. The first-order valence-corrected chi connectivity index (χ1v) is 17.4. The van der Waals surface area contributed by atoms with Gasteiger partial charge >= 0.3 is 0 Å². The van der Waals surface area contributed by atoms with E-state index in [1.807, 2.05) is 11.8 Å². The molecule has 4 heterocycles. The van der Waals surface area contributed by atoms with Crippen LogP contribution in [0.1, 0.15) is 18.4 Å². The summed E-state index contributed by atoms with van der Waals surface area (Å²) in [7, 11) is 0. The van der Waals surface area contributed by atoms with Crippen LogP contribution in [0.15, 0.2) is 70.7 Å². The predicted molar refractivity (Wildman–Crippen MR) is 181 cm³/mol. The zero-order valence-electron chi connectivity index (χ0n) is 26.1. The molecule has 9 heteroatoms. The zero-order valence-corrected chi connectivity index (χ0v) is 26.9. The minimum absolute atomic E-state index is 0.866. The van der Waals surface area contributed by atoms with Crippen molar-refractivity contribution < 1.29 is 14.0 Å². The molecular weight excluding hydrogens is 568 g/mol. The summed E-state index contributed by atoms with van der Waals surface area (Å²) in [5.74, 6) is 0. The standard InChI is InChI=1S/C35H49N6O2S/c1-2-8-32-31(7-1)30(11-18-40(32)16-5-12-36-14-19-38-21-25-42-26-22-38)29-35-41(33-9-3-4-10-34(33)44-35)17-6-13-37-15-20-39-23-27-43-28-24-39/h1-4,7-11,18,29,36-37H,5-6,12-17,19-28H2/q+1. The van der Waals surface area contributed by atoms with E-state index in [0.717, 1.165) is 118 Å². The normalized spacial score (nSPS) is 18.8. The van der Waals surface area contributed by atoms with Crippen LogP contribution in [-0.4, -0.2) is 108 Å². The molecule has 44 heavy (non-hydrogen) atoms. The van der Waals surface area contributed by atoms with Crippen LogP contribution < -0.4 is 20.1 Å². The highest BCUT2D eigenvalue weighted by molar-refractivity contribution is 8.03. The molecule has 0 atom stereocenters. The van der Waals surface area contributed by atoms with Gasteiger partial charge in [0.15, 0.2) is 6.20 Å². The molecule has 0 amide bonds. The van der Waals surface area contributed by atoms with Gasteiger partial charge in [0.1, 0.15) is 6.54 Å². The van der Waals surface area contributed by atoms with Crippen LogP contribution in [0.5, 0.6) is 0 Å². The van der Waals surface area contributed by atoms with Crippen LogP contribution in [0.3, 0.4) is 0 Å². The predicted octanol–water partition coefficient (Wildman–Crippen LogP) is 3.66. The van der Waals surface area contributed by atoms with Crippen LogP contribution in [0.25, 0.3) is 17.0 Å². The molecule has 2 saturated heterocycles. The number of aromatic nitrogens is 1. The van der Waals surface area contributed by atoms with Gasteiger partial charge in [0.25, 0.3) is 0 Å². The van der Waals surface area contributed by atoms with E-state index < -0.39 is 0 Å². The lowest BCUT2D eigenvalue weighted by Gasteiger charge is -2.26. The van der Waals surface area contributed by atoms with Crippen LogP contribution in [-0.2, 0) is 16.0 Å². The number of nitrogens with one attached hydrogen (secondary N) is 2. The van der Waals surface area contributed by atoms with E-state index in [9.17, 15) is 0 Å². The Morgan fingerprint density at radius 2 is 1.39 bits per heavy atom. The van der Waals surface area contributed by atoms with Gasteiger partial charge in [0.2, 0.25) is 5.52 Å². The van der Waals surface area contributed by atoms with Gasteiger partial charge in [-0.15, -0.1) is 0 Å². The number of anilines is 1. The molecule has 0 aliphatic carbocycles. The molecular formula is C35H49N6O2S+. The molecule has 2 N–H and O–H groups in total. The van der Waals surface area contributed by atoms with Gasteiger partial charge in [-0.2, -0.15) is 4.57 Å². The molecule has 0 radical (unpaired) electrons. The van der Waals surface area contributed by atoms with Gasteiger partial charge in [-0.25, -0.2) is 0 Å². The SMILES string of the molecule is C(=C1/Sc2ccccc2N1CCCNCCN1CCOCC1)/c1cc[n+](CCCNCCN2CCOCC2)c2ccccc12. The molecule has 6 rings (SSSR count). The number of nitrogens with zero attached hydrogens (tertiary/aromatic N) is 4. The number of benzene rings is 2. The Kier molecular flexibility index (Phi) is 12.0. The number of pyridine rings is 1. The second-order valence-corrected chi connectivity index (χ2v) is 12.9. The van der Waals surface area contributed by atoms with Crippen LogP contribution in [0, 0.1) is 0 Å². The van der Waals surface area contributed by atoms with Crippen molar-refractivity contribution in [3.8, 4) is 0 Å². The molecule has 3 aliphatic heterocycles. The number of rotatable bonds is 15. The maximum Gasteiger partial charge on any atom is 0.213 e. The Labute approximate surface area is 267 Å². The van der Waals surface area contributed by atoms with E-state index in [-0.39, 0.29) is 0 Å². The fourth-order valence-corrected chi connectivity index (χ4v) is 7.40. The molecule has 8 nitrogen and oxygen atoms in total. The number of fused-ring (bicyclic) bond motifs is 2. The summed E-state index contributed by atoms with van der Waals surface area (Å²) in [5.41, 5.74) is 3.91. The number of hydrogen-bond donors (Lipinski definition) is 2. The van der Waals surface area contributed by atoms with Crippen molar-refractivity contribution in [3.05, 3.63) is 71.4 Å². The van der Waals surface area contributed by atoms with Crippen molar-refractivity contribution in [2.24, 2.45) is 0 Å². The average molecular weight is 618 g/mol. The lowest BCUT2D eigenvalue weighted by Crippen LogP contribution is -2.41. The van der Waals surface area contributed by atoms with E-state index in [0.29, 0.717) is 0 Å². The van der Waals surface area contributed by atoms with Crippen molar-refractivity contribution in [3.63, 3.8) is 0 Å². The Hall–Kier alpha value is -2.50. The molecule has 0 saturated carbocycles. The highest BCUT2D eigenvalue weighted by Gasteiger charge is 2.25. The minimum Gasteiger partial charge on any atom is -0.379 e. The molecule has 0 unspecified atom stereocenters. The number of para-hydroxylation sites is 2. The highest BCUT2D eigenvalue weighted by Crippen LogP contribution is 2.46. The van der Waals surface area contributed by atoms with Gasteiger partial charge in [-0.3, -0.25) is 9.80 Å². The van der Waals surface area contributed by atoms with E-state index in [2.05, 4.69) is 96.8 Å². The Bertz CT molecular complexity index is 1360. The molecule has 3 aromatic rings. The van der Waals surface area contributed by atoms with Crippen molar-refractivity contribution in [2.45, 2.75) is 24.3 Å². The fourth-order valence-electron chi connectivity index (χ4n) is 6.26. The van der Waals surface area contributed by atoms with E-state index in [1.165, 1.54) is 32.1 Å². The third-order valence-electron chi connectivity index (χ3n) is 8.78. The fraction of sp³-hybridized carbons (Fsp3) is 0.514. The molecule has 236 valence electrons. The molecule has 2 fully saturated rings. The Morgan fingerprint density at radius 3 is 2.14 bits per heavy atom. The average Bonchev–Trinajstić information content (AvgIpc) is 3.42. The van der Waals surface area contributed by atoms with Crippen molar-refractivity contribution in [1.29, 1.82) is 0 Å². The van der Waals surface area contributed by atoms with Crippen LogP contribution in [0.2, 0.25) is 0 Å². The first-order chi connectivity index (χ1) is 21.8. The second kappa shape index (κ2) is 16.7. The van der Waals surface area contributed by atoms with Crippen molar-refractivity contribution in [1.82, 2.24) is 20.4 Å². The third-order valence-corrected chi connectivity index (χ3v) is 9.89. The lowest BCUT2D eigenvalue weighted by molar-refractivity contribution is -0.671. The molecule has 3 aliphatic rings. The quantitative estimate of drug-likeness (QED) is 0.198. The molecule has 0 spiro atoms. The largest absolute Gasteiger partial charge is 0.379 e. The number of thioether (sulfide) groups is 1. The Balaban J connectivity index is 1.05. The maximum atomic E-state index is 5.47. The first kappa shape index (κ1) is 31.5. The molecule has 2 aromatic carbocycles. The summed E-state index contributed by atoms with van der Waals surface area (Å²) in [6.07, 6.45) is 6.89. The summed E-state index contributed by atoms with van der Waals surface area (Å²) < 4.78 is 13.3. The highest BCUT2D eigenvalue weighted by atomic mass is 32.2. The topological polar surface area (TPSA) is 56.1 Å². The van der Waals surface area contributed by atoms with E-state index in [1.54, 1.807) is 0 Å². The van der Waals surface area contributed by atoms with E-state index in [4.69, 9.17) is 9.47 Å². The number of hydrogen-bond acceptors (Lipinski definition) is 8. The maximum absolute atomic E-state index is 5.47. The van der Waals surface area contributed by atoms with Gasteiger partial charge < -0.3 is 25.0 Å². The Morgan fingerprint density at radius 1 is 0.727 bits per heavy atom. The van der Waals surface area contributed by atoms with Crippen molar-refractivity contribution in [2.75, 3.05) is 103 Å². The smallest absolute Gasteiger partial charge is 0.213 e. The second-order valence-electron chi connectivity index (χ2n) is 11.8. The number of aryl methyl sites for hydroxylation is 1. The lowest BCUT2D eigenvalue weighted by atomic mass is 10.1. The monoisotopic (exact) mass is 617 g/mol. The zero-order chi connectivity index (χ0) is 29.8. The third kappa shape index (κ3) is 8.60. The van der Waals surface area contributed by atoms with Crippen LogP contribution in [0.4, 0.5) is 5.69 Å². The summed E-state index contributed by atoms with van der Waals surface area (Å²) >= 11 is 1.89. The van der Waals surface area contributed by atoms with Crippen molar-refractivity contribution >= 4 is 34.4 Å². The van der Waals surface area contributed by atoms with Gasteiger partial charge in [0, 0.05) is 88.9 Å². The summed E-state index contributed by atoms with van der Waals surface area (Å²) in [5, 5.41) is 9.93. The molecule has 1 aromatic heterocycles. The first-order valence-electron chi connectivity index (χ1n) is 16.5. The molecule has 0 bridgehead atoms. The number of ether oxygens (including phenoxy) is 2. The van der Waals surface area contributed by atoms with Crippen LogP contribution >= 0.6 is 11.8 Å². The van der Waals surface area contributed by atoms with Gasteiger partial charge in [-0.1, -0.05) is 36.0 Å². The minimum atomic E-state index is 0.866. The summed E-state index contributed by atoms with van der Waals surface area (Å²) in [6, 6.07) is 20.0. The summed E-state index contributed by atoms with van der Waals surface area (Å²) in [4.78, 5) is 8.83.